The lowest BCUT2D eigenvalue weighted by Gasteiger charge is -2.15. The molecule has 0 saturated heterocycles. The summed E-state index contributed by atoms with van der Waals surface area (Å²) in [7, 11) is 0. The maximum absolute atomic E-state index is 14.2. The minimum atomic E-state index is -2.31. The molecule has 1 aliphatic heterocycles. The molecular weight excluding hydrogens is 459 g/mol. The molecule has 0 fully saturated rings. The molecule has 3 aromatic carbocycles. The molecule has 9 heteroatoms. The minimum Gasteiger partial charge on any atom is -0.267 e. The van der Waals surface area contributed by atoms with E-state index in [1.807, 2.05) is 24.3 Å². The van der Waals surface area contributed by atoms with E-state index < -0.39 is 40.7 Å². The van der Waals surface area contributed by atoms with Crippen molar-refractivity contribution in [2.24, 2.45) is 5.10 Å². The molecule has 3 aromatic rings. The standard InChI is InChI=1S/C24H13F5N2OS/c1-3-10-33-17-9-8-13(14-6-4-5-7-15(14)17)11-16-12(2)30-31(24(16)32)23-21(28)19(26)18(25)20(27)22(23)29/h1,4-9,11H,10H2,2H3/b16-11+. The zero-order chi connectivity index (χ0) is 23.9. The summed E-state index contributed by atoms with van der Waals surface area (Å²) in [5.74, 6) is -8.92. The first-order valence-corrected chi connectivity index (χ1v) is 10.5. The molecule has 166 valence electrons. The van der Waals surface area contributed by atoms with Gasteiger partial charge < -0.3 is 0 Å². The molecule has 0 atom stereocenters. The van der Waals surface area contributed by atoms with E-state index in [4.69, 9.17) is 6.42 Å². The number of hydrogen-bond acceptors (Lipinski definition) is 3. The van der Waals surface area contributed by atoms with Crippen LogP contribution in [0, 0.1) is 41.4 Å². The van der Waals surface area contributed by atoms with Crippen LogP contribution in [0.15, 0.2) is 52.0 Å². The Morgan fingerprint density at radius 2 is 1.58 bits per heavy atom. The van der Waals surface area contributed by atoms with E-state index >= 15 is 0 Å². The van der Waals surface area contributed by atoms with Crippen molar-refractivity contribution in [2.75, 3.05) is 10.8 Å². The van der Waals surface area contributed by atoms with E-state index in [0.29, 0.717) is 11.3 Å². The fraction of sp³-hybridized carbons (Fsp3) is 0.0833. The summed E-state index contributed by atoms with van der Waals surface area (Å²) in [5, 5.41) is 5.61. The average molecular weight is 472 g/mol. The number of terminal acetylenes is 1. The monoisotopic (exact) mass is 472 g/mol. The van der Waals surface area contributed by atoms with Gasteiger partial charge in [-0.25, -0.2) is 22.0 Å². The van der Waals surface area contributed by atoms with Crippen molar-refractivity contribution in [2.45, 2.75) is 11.8 Å². The summed E-state index contributed by atoms with van der Waals surface area (Å²) in [6.45, 7) is 1.40. The van der Waals surface area contributed by atoms with Crippen molar-refractivity contribution in [3.05, 3.63) is 76.6 Å². The quantitative estimate of drug-likeness (QED) is 0.115. The molecule has 0 bridgehead atoms. The van der Waals surface area contributed by atoms with E-state index in [2.05, 4.69) is 11.0 Å². The van der Waals surface area contributed by atoms with E-state index in [9.17, 15) is 26.7 Å². The number of benzene rings is 3. The predicted octanol–water partition coefficient (Wildman–Crippen LogP) is 6.07. The molecule has 1 aliphatic rings. The number of amides is 1. The maximum Gasteiger partial charge on any atom is 0.280 e. The van der Waals surface area contributed by atoms with Gasteiger partial charge in [0, 0.05) is 4.90 Å². The number of thioether (sulfide) groups is 1. The van der Waals surface area contributed by atoms with E-state index in [0.717, 1.165) is 15.7 Å². The minimum absolute atomic E-state index is 0.0480. The molecule has 0 radical (unpaired) electrons. The van der Waals surface area contributed by atoms with E-state index in [1.165, 1.54) is 24.8 Å². The molecule has 33 heavy (non-hydrogen) atoms. The molecule has 0 aromatic heterocycles. The molecule has 0 saturated carbocycles. The highest BCUT2D eigenvalue weighted by atomic mass is 32.2. The van der Waals surface area contributed by atoms with Gasteiger partial charge in [-0.1, -0.05) is 36.3 Å². The van der Waals surface area contributed by atoms with Gasteiger partial charge >= 0.3 is 0 Å². The fourth-order valence-electron chi connectivity index (χ4n) is 3.44. The molecule has 0 unspecified atom stereocenters. The topological polar surface area (TPSA) is 32.7 Å². The van der Waals surface area contributed by atoms with Crippen molar-refractivity contribution in [1.82, 2.24) is 0 Å². The highest BCUT2D eigenvalue weighted by molar-refractivity contribution is 7.99. The molecule has 0 spiro atoms. The molecule has 0 N–H and O–H groups in total. The van der Waals surface area contributed by atoms with Gasteiger partial charge in [-0.15, -0.1) is 18.2 Å². The number of hydrazone groups is 1. The zero-order valence-corrected chi connectivity index (χ0v) is 17.7. The number of carbonyl (C=O) groups excluding carboxylic acids is 1. The van der Waals surface area contributed by atoms with Crippen LogP contribution in [-0.2, 0) is 4.79 Å². The van der Waals surface area contributed by atoms with Crippen LogP contribution in [0.5, 0.6) is 0 Å². The Kier molecular flexibility index (Phi) is 5.95. The summed E-state index contributed by atoms with van der Waals surface area (Å²) >= 11 is 1.47. The number of anilines is 1. The molecule has 0 aliphatic carbocycles. The van der Waals surface area contributed by atoms with Crippen LogP contribution in [0.2, 0.25) is 0 Å². The molecular formula is C24H13F5N2OS. The second-order valence-electron chi connectivity index (χ2n) is 6.97. The SMILES string of the molecule is C#CCSc1ccc(/C=C2/C(=O)N(c3c(F)c(F)c(F)c(F)c3F)N=C2C)c2ccccc12. The first-order chi connectivity index (χ1) is 15.8. The number of hydrogen-bond donors (Lipinski definition) is 0. The third kappa shape index (κ3) is 3.76. The fourth-order valence-corrected chi connectivity index (χ4v) is 4.17. The van der Waals surface area contributed by atoms with E-state index in [1.54, 1.807) is 12.1 Å². The van der Waals surface area contributed by atoms with Crippen molar-refractivity contribution in [1.29, 1.82) is 0 Å². The summed E-state index contributed by atoms with van der Waals surface area (Å²) in [6.07, 6.45) is 6.81. The summed E-state index contributed by atoms with van der Waals surface area (Å²) in [5.41, 5.74) is -0.815. The largest absolute Gasteiger partial charge is 0.280 e. The van der Waals surface area contributed by atoms with Gasteiger partial charge in [0.25, 0.3) is 5.91 Å². The summed E-state index contributed by atoms with van der Waals surface area (Å²) in [4.78, 5) is 13.8. The van der Waals surface area contributed by atoms with Crippen LogP contribution < -0.4 is 5.01 Å². The highest BCUT2D eigenvalue weighted by Gasteiger charge is 2.37. The van der Waals surface area contributed by atoms with Crippen LogP contribution in [-0.4, -0.2) is 17.4 Å². The third-order valence-electron chi connectivity index (χ3n) is 4.99. The smallest absolute Gasteiger partial charge is 0.267 e. The Morgan fingerprint density at radius 1 is 0.970 bits per heavy atom. The van der Waals surface area contributed by atoms with Gasteiger partial charge in [0.1, 0.15) is 5.69 Å². The number of rotatable bonds is 4. The summed E-state index contributed by atoms with van der Waals surface area (Å²) in [6, 6.07) is 10.9. The van der Waals surface area contributed by atoms with Crippen LogP contribution in [0.4, 0.5) is 27.6 Å². The van der Waals surface area contributed by atoms with Crippen LogP contribution in [0.25, 0.3) is 16.8 Å². The number of halogens is 5. The average Bonchev–Trinajstić information content (AvgIpc) is 3.09. The van der Waals surface area contributed by atoms with Gasteiger partial charge in [-0.2, -0.15) is 10.1 Å². The van der Waals surface area contributed by atoms with Gasteiger partial charge in [0.15, 0.2) is 23.3 Å². The number of carbonyl (C=O) groups is 1. The highest BCUT2D eigenvalue weighted by Crippen LogP contribution is 2.35. The molecule has 1 amide bonds. The molecule has 3 nitrogen and oxygen atoms in total. The maximum atomic E-state index is 14.2. The lowest BCUT2D eigenvalue weighted by atomic mass is 10.0. The number of nitrogens with zero attached hydrogens (tertiary/aromatic N) is 2. The molecule has 4 rings (SSSR count). The Labute approximate surface area is 189 Å². The van der Waals surface area contributed by atoms with Crippen molar-refractivity contribution in [3.63, 3.8) is 0 Å². The second kappa shape index (κ2) is 8.71. The summed E-state index contributed by atoms with van der Waals surface area (Å²) < 4.78 is 69.2. The van der Waals surface area contributed by atoms with Crippen LogP contribution in [0.3, 0.4) is 0 Å². The second-order valence-corrected chi connectivity index (χ2v) is 7.99. The zero-order valence-electron chi connectivity index (χ0n) is 16.9. The Balaban J connectivity index is 1.81. The van der Waals surface area contributed by atoms with Crippen molar-refractivity contribution in [3.8, 4) is 12.3 Å². The van der Waals surface area contributed by atoms with Gasteiger partial charge in [0.2, 0.25) is 5.82 Å². The first kappa shape index (κ1) is 22.6. The van der Waals surface area contributed by atoms with Crippen LogP contribution >= 0.6 is 11.8 Å². The number of fused-ring (bicyclic) bond motifs is 1. The van der Waals surface area contributed by atoms with Crippen LogP contribution in [0.1, 0.15) is 12.5 Å². The van der Waals surface area contributed by atoms with Gasteiger partial charge in [0.05, 0.1) is 17.0 Å². The normalized spacial score (nSPS) is 14.8. The molecule has 1 heterocycles. The van der Waals surface area contributed by atoms with E-state index in [-0.39, 0.29) is 16.3 Å². The Bertz CT molecular complexity index is 1400. The van der Waals surface area contributed by atoms with Gasteiger partial charge in [-0.05, 0) is 35.4 Å². The Hall–Kier alpha value is -3.64. The lowest BCUT2D eigenvalue weighted by Crippen LogP contribution is -2.25. The first-order valence-electron chi connectivity index (χ1n) is 9.47. The third-order valence-corrected chi connectivity index (χ3v) is 5.97. The van der Waals surface area contributed by atoms with Crippen molar-refractivity contribution >= 4 is 45.9 Å². The lowest BCUT2D eigenvalue weighted by molar-refractivity contribution is -0.114. The predicted molar refractivity (Wildman–Crippen MR) is 118 cm³/mol. The Morgan fingerprint density at radius 3 is 2.21 bits per heavy atom. The van der Waals surface area contributed by atoms with Crippen molar-refractivity contribution < 1.29 is 26.7 Å². The van der Waals surface area contributed by atoms with Gasteiger partial charge in [-0.3, -0.25) is 4.79 Å².